The van der Waals surface area contributed by atoms with Crippen LogP contribution in [0.5, 0.6) is 69.0 Å². The lowest BCUT2D eigenvalue weighted by molar-refractivity contribution is 0.0679. The highest BCUT2D eigenvalue weighted by Gasteiger charge is 2.33. The Labute approximate surface area is 456 Å². The van der Waals surface area contributed by atoms with E-state index >= 15 is 0 Å². The third-order valence-electron chi connectivity index (χ3n) is 14.2. The maximum atomic E-state index is 14.2. The topological polar surface area (TPSA) is 244 Å². The van der Waals surface area contributed by atoms with Crippen LogP contribution in [0.3, 0.4) is 0 Å². The van der Waals surface area contributed by atoms with E-state index in [-0.39, 0.29) is 102 Å². The second-order valence-electron chi connectivity index (χ2n) is 18.4. The second-order valence-corrected chi connectivity index (χ2v) is 18.4. The van der Waals surface area contributed by atoms with Crippen LogP contribution in [-0.4, -0.2) is 88.7 Å². The van der Waals surface area contributed by atoms with E-state index in [1.165, 1.54) is 79.1 Å². The highest BCUT2D eigenvalue weighted by molar-refractivity contribution is 6.02. The van der Waals surface area contributed by atoms with Crippen LogP contribution < -0.4 is 52.1 Å². The van der Waals surface area contributed by atoms with Crippen molar-refractivity contribution in [1.29, 1.82) is 0 Å². The summed E-state index contributed by atoms with van der Waals surface area (Å²) in [5.41, 5.74) is 4.22. The molecule has 0 aliphatic heterocycles. The third kappa shape index (κ3) is 10.8. The summed E-state index contributed by atoms with van der Waals surface area (Å²) >= 11 is 0. The summed E-state index contributed by atoms with van der Waals surface area (Å²) in [5, 5.41) is 19.8. The molecule has 79 heavy (non-hydrogen) atoms. The Morgan fingerprint density at radius 2 is 0.557 bits per heavy atom. The van der Waals surface area contributed by atoms with Crippen LogP contribution in [0.1, 0.15) is 129 Å². The molecule has 416 valence electrons. The molecular formula is C60H62O19. The quantitative estimate of drug-likeness (QED) is 0.0600. The molecule has 6 aromatic carbocycles. The summed E-state index contributed by atoms with van der Waals surface area (Å²) in [5.74, 6) is -4.52. The standard InChI is InChI=1S/C60H62O19/c1-25-29(5)49(33(9)51(71-15)43(25)55(61)62)78-59(67)45-27(3)31(7)47(35(11)53(45)73-17)76-57(65)39-23-37(19-21-41(39)69-13)75-38-20-22-42(70-14)40(24-38)58(66)77-48-32(8)28(4)46(54(74-18)36(48)12)60(68)79-50-30(6)26(2)44(56(63)64)52(72-16)34(50)10/h19-24H,1-18H3,(H,61,62)(H,63,64). The van der Waals surface area contributed by atoms with Crippen LogP contribution in [0, 0.1) is 83.1 Å². The molecule has 0 unspecified atom stereocenters. The molecule has 0 aliphatic carbocycles. The first kappa shape index (κ1) is 59.0. The molecule has 19 heteroatoms. The van der Waals surface area contributed by atoms with E-state index in [1.54, 1.807) is 83.1 Å². The van der Waals surface area contributed by atoms with Crippen molar-refractivity contribution in [2.75, 3.05) is 42.7 Å². The lowest BCUT2D eigenvalue weighted by Crippen LogP contribution is -2.18. The van der Waals surface area contributed by atoms with Crippen LogP contribution in [0.15, 0.2) is 36.4 Å². The molecule has 0 amide bonds. The van der Waals surface area contributed by atoms with Gasteiger partial charge in [0.15, 0.2) is 0 Å². The first-order chi connectivity index (χ1) is 37.3. The average molecular weight is 1090 g/mol. The average Bonchev–Trinajstić information content (AvgIpc) is 3.49. The lowest BCUT2D eigenvalue weighted by Gasteiger charge is -2.22. The molecule has 0 atom stereocenters. The van der Waals surface area contributed by atoms with Crippen LogP contribution in [0.2, 0.25) is 0 Å². The van der Waals surface area contributed by atoms with E-state index in [0.717, 1.165) is 0 Å². The number of carboxylic acids is 2. The minimum absolute atomic E-state index is 0.0486. The molecule has 0 bridgehead atoms. The number of carbonyl (C=O) groups excluding carboxylic acids is 4. The van der Waals surface area contributed by atoms with Crippen molar-refractivity contribution in [3.63, 3.8) is 0 Å². The van der Waals surface area contributed by atoms with E-state index in [1.807, 2.05) is 0 Å². The number of methoxy groups -OCH3 is 6. The number of hydrogen-bond acceptors (Lipinski definition) is 17. The molecular weight excluding hydrogens is 1020 g/mol. The first-order valence-electron chi connectivity index (χ1n) is 24.4. The maximum Gasteiger partial charge on any atom is 0.347 e. The van der Waals surface area contributed by atoms with Crippen LogP contribution >= 0.6 is 0 Å². The number of benzene rings is 6. The Balaban J connectivity index is 1.28. The van der Waals surface area contributed by atoms with Crippen molar-refractivity contribution in [1.82, 2.24) is 0 Å². The number of aromatic carboxylic acids is 2. The molecule has 0 fully saturated rings. The Morgan fingerprint density at radius 3 is 0.810 bits per heavy atom. The fraction of sp³-hybridized carbons (Fsp3) is 0.300. The number of esters is 4. The summed E-state index contributed by atoms with van der Waals surface area (Å²) in [6.45, 7) is 19.5. The van der Waals surface area contributed by atoms with Crippen molar-refractivity contribution in [2.24, 2.45) is 0 Å². The molecule has 6 rings (SSSR count). The van der Waals surface area contributed by atoms with Crippen molar-refractivity contribution in [3.8, 4) is 69.0 Å². The zero-order chi connectivity index (χ0) is 58.8. The number of carboxylic acid groups (broad SMARTS) is 2. The Hall–Kier alpha value is -9.26. The van der Waals surface area contributed by atoms with Gasteiger partial charge in [-0.15, -0.1) is 0 Å². The molecule has 0 radical (unpaired) electrons. The molecule has 0 aliphatic rings. The Kier molecular flexibility index (Phi) is 17.6. The van der Waals surface area contributed by atoms with Gasteiger partial charge in [-0.3, -0.25) is 0 Å². The maximum absolute atomic E-state index is 14.2. The lowest BCUT2D eigenvalue weighted by atomic mass is 9.95. The van der Waals surface area contributed by atoms with Gasteiger partial charge in [-0.05, 0) is 164 Å². The largest absolute Gasteiger partial charge is 0.496 e. The van der Waals surface area contributed by atoms with Gasteiger partial charge in [0.25, 0.3) is 0 Å². The fourth-order valence-electron chi connectivity index (χ4n) is 9.58. The van der Waals surface area contributed by atoms with Gasteiger partial charge in [0, 0.05) is 22.3 Å². The number of rotatable bonds is 18. The van der Waals surface area contributed by atoms with Gasteiger partial charge in [-0.1, -0.05) is 0 Å². The van der Waals surface area contributed by atoms with Gasteiger partial charge in [0.2, 0.25) is 0 Å². The van der Waals surface area contributed by atoms with Crippen LogP contribution in [0.4, 0.5) is 0 Å². The summed E-state index contributed by atoms with van der Waals surface area (Å²) in [6, 6.07) is 8.85. The first-order valence-corrected chi connectivity index (χ1v) is 24.4. The van der Waals surface area contributed by atoms with E-state index in [4.69, 9.17) is 52.1 Å². The normalized spacial score (nSPS) is 10.8. The molecule has 6 aromatic rings. The minimum Gasteiger partial charge on any atom is -0.496 e. The Bertz CT molecular complexity index is 3320. The number of ether oxygens (including phenoxy) is 11. The molecule has 0 saturated carbocycles. The zero-order valence-corrected chi connectivity index (χ0v) is 47.3. The predicted molar refractivity (Wildman–Crippen MR) is 289 cm³/mol. The highest BCUT2D eigenvalue weighted by atomic mass is 16.6. The fourth-order valence-corrected chi connectivity index (χ4v) is 9.58. The third-order valence-corrected chi connectivity index (χ3v) is 14.2. The molecule has 2 N–H and O–H groups in total. The predicted octanol–water partition coefficient (Wildman–Crippen LogP) is 11.5. The number of hydrogen-bond donors (Lipinski definition) is 2. The number of carbonyl (C=O) groups is 6. The van der Waals surface area contributed by atoms with Gasteiger partial charge in [0.1, 0.15) is 102 Å². The SMILES string of the molecule is COc1ccc(Oc2ccc(OC)c(C(=O)Oc3c(C)c(C)c(C(=O)Oc4c(C)c(C)c(C(=O)O)c(OC)c4C)c(OC)c3C)c2)cc1C(=O)Oc1c(C)c(C)c(C(=O)Oc2c(C)c(C)c(C(=O)O)c(OC)c2C)c(OC)c1C. The van der Waals surface area contributed by atoms with Crippen LogP contribution in [0.25, 0.3) is 0 Å². The van der Waals surface area contributed by atoms with Crippen molar-refractivity contribution in [2.45, 2.75) is 83.1 Å². The molecule has 0 saturated heterocycles. The molecule has 0 aromatic heterocycles. The van der Waals surface area contributed by atoms with E-state index < -0.39 is 35.8 Å². The highest BCUT2D eigenvalue weighted by Crippen LogP contribution is 2.45. The van der Waals surface area contributed by atoms with Crippen molar-refractivity contribution in [3.05, 3.63) is 137 Å². The molecule has 0 spiro atoms. The van der Waals surface area contributed by atoms with Gasteiger partial charge in [-0.2, -0.15) is 0 Å². The summed E-state index contributed by atoms with van der Waals surface area (Å²) in [6.07, 6.45) is 0. The van der Waals surface area contributed by atoms with Crippen LogP contribution in [-0.2, 0) is 0 Å². The van der Waals surface area contributed by atoms with E-state index in [2.05, 4.69) is 0 Å². The van der Waals surface area contributed by atoms with Gasteiger partial charge < -0.3 is 62.3 Å². The summed E-state index contributed by atoms with van der Waals surface area (Å²) in [4.78, 5) is 80.8. The molecule has 0 heterocycles. The van der Waals surface area contributed by atoms with E-state index in [0.29, 0.717) is 66.8 Å². The zero-order valence-electron chi connectivity index (χ0n) is 47.3. The summed E-state index contributed by atoms with van der Waals surface area (Å²) < 4.78 is 63.7. The van der Waals surface area contributed by atoms with E-state index in [9.17, 15) is 39.0 Å². The molecule has 19 nitrogen and oxygen atoms in total. The van der Waals surface area contributed by atoms with Gasteiger partial charge in [0.05, 0.1) is 42.7 Å². The summed E-state index contributed by atoms with van der Waals surface area (Å²) in [7, 11) is 8.12. The van der Waals surface area contributed by atoms with Crippen molar-refractivity contribution >= 4 is 35.8 Å². The second kappa shape index (κ2) is 23.5. The Morgan fingerprint density at radius 1 is 0.304 bits per heavy atom. The minimum atomic E-state index is -1.20. The smallest absolute Gasteiger partial charge is 0.347 e. The van der Waals surface area contributed by atoms with Crippen molar-refractivity contribution < 1.29 is 91.1 Å². The monoisotopic (exact) mass is 1090 g/mol. The van der Waals surface area contributed by atoms with Gasteiger partial charge >= 0.3 is 35.8 Å². The van der Waals surface area contributed by atoms with Gasteiger partial charge in [-0.25, -0.2) is 28.8 Å².